The first kappa shape index (κ1) is 10.9. The maximum atomic E-state index is 12.2. The van der Waals surface area contributed by atoms with Crippen molar-refractivity contribution in [1.82, 2.24) is 0 Å². The Labute approximate surface area is 92.9 Å². The molecule has 15 heavy (non-hydrogen) atoms. The Hall–Kier alpha value is -0.590. The summed E-state index contributed by atoms with van der Waals surface area (Å²) in [6.45, 7) is 6.17. The molecule has 0 aromatic carbocycles. The molecule has 0 bridgehead atoms. The Balaban J connectivity index is 2.01. The fraction of sp³-hybridized carbons (Fsp3) is 0.786. The van der Waals surface area contributed by atoms with Crippen LogP contribution in [0.5, 0.6) is 0 Å². The van der Waals surface area contributed by atoms with Gasteiger partial charge in [-0.25, -0.2) is 0 Å². The van der Waals surface area contributed by atoms with Crippen LogP contribution in [-0.2, 0) is 4.79 Å². The van der Waals surface area contributed by atoms with Crippen molar-refractivity contribution in [2.75, 3.05) is 0 Å². The van der Waals surface area contributed by atoms with Crippen LogP contribution >= 0.6 is 0 Å². The zero-order valence-corrected chi connectivity index (χ0v) is 10.1. The standard InChI is InChI=1S/C14H22O/c1-14(2,3)13(15)12-10-8-6-4-5-7-9-11(10)12/h4-5,10-12H,6-9H2,1-3H3/b5-4+/t10-,11+,12-. The van der Waals surface area contributed by atoms with E-state index < -0.39 is 0 Å². The van der Waals surface area contributed by atoms with E-state index >= 15 is 0 Å². The van der Waals surface area contributed by atoms with Gasteiger partial charge in [-0.3, -0.25) is 4.79 Å². The molecule has 0 unspecified atom stereocenters. The highest BCUT2D eigenvalue weighted by molar-refractivity contribution is 5.88. The van der Waals surface area contributed by atoms with Crippen molar-refractivity contribution in [2.24, 2.45) is 23.2 Å². The number of hydrogen-bond acceptors (Lipinski definition) is 1. The maximum Gasteiger partial charge on any atom is 0.141 e. The van der Waals surface area contributed by atoms with Crippen LogP contribution in [-0.4, -0.2) is 5.78 Å². The molecular weight excluding hydrogens is 184 g/mol. The molecule has 1 fully saturated rings. The van der Waals surface area contributed by atoms with Crippen molar-refractivity contribution in [2.45, 2.75) is 46.5 Å². The van der Waals surface area contributed by atoms with Crippen molar-refractivity contribution in [3.05, 3.63) is 12.2 Å². The first-order valence-corrected chi connectivity index (χ1v) is 6.21. The second kappa shape index (κ2) is 3.77. The number of carbonyl (C=O) groups excluding carboxylic acids is 1. The summed E-state index contributed by atoms with van der Waals surface area (Å²) in [4.78, 5) is 12.2. The van der Waals surface area contributed by atoms with E-state index in [9.17, 15) is 4.79 Å². The van der Waals surface area contributed by atoms with Gasteiger partial charge in [-0.2, -0.15) is 0 Å². The van der Waals surface area contributed by atoms with Gasteiger partial charge < -0.3 is 0 Å². The Bertz CT molecular complexity index is 266. The summed E-state index contributed by atoms with van der Waals surface area (Å²) in [6.07, 6.45) is 9.38. The Kier molecular flexibility index (Phi) is 2.74. The quantitative estimate of drug-likeness (QED) is 0.599. The maximum absolute atomic E-state index is 12.2. The number of rotatable bonds is 1. The summed E-state index contributed by atoms with van der Waals surface area (Å²) in [5.74, 6) is 2.31. The summed E-state index contributed by atoms with van der Waals surface area (Å²) < 4.78 is 0. The average molecular weight is 206 g/mol. The van der Waals surface area contributed by atoms with E-state index in [-0.39, 0.29) is 5.41 Å². The molecule has 2 aliphatic carbocycles. The summed E-state index contributed by atoms with van der Waals surface area (Å²) in [6, 6.07) is 0. The predicted molar refractivity (Wildman–Crippen MR) is 62.5 cm³/mol. The first-order valence-electron chi connectivity index (χ1n) is 6.21. The van der Waals surface area contributed by atoms with Gasteiger partial charge in [-0.05, 0) is 37.5 Å². The van der Waals surface area contributed by atoms with E-state index in [1.165, 1.54) is 25.7 Å². The van der Waals surface area contributed by atoms with Gasteiger partial charge in [0.1, 0.15) is 5.78 Å². The summed E-state index contributed by atoms with van der Waals surface area (Å²) in [5, 5.41) is 0. The molecule has 3 atom stereocenters. The molecule has 2 aliphatic rings. The molecule has 2 rings (SSSR count). The second-order valence-electron chi connectivity index (χ2n) is 6.09. The normalized spacial score (nSPS) is 37.4. The zero-order valence-electron chi connectivity index (χ0n) is 10.1. The minimum Gasteiger partial charge on any atom is -0.299 e. The van der Waals surface area contributed by atoms with Gasteiger partial charge >= 0.3 is 0 Å². The zero-order chi connectivity index (χ0) is 11.1. The molecule has 0 heterocycles. The molecule has 0 N–H and O–H groups in total. The van der Waals surface area contributed by atoms with E-state index in [1.807, 2.05) is 0 Å². The van der Waals surface area contributed by atoms with Gasteiger partial charge in [-0.15, -0.1) is 0 Å². The minimum atomic E-state index is -0.140. The van der Waals surface area contributed by atoms with Gasteiger partial charge in [0.05, 0.1) is 0 Å². The van der Waals surface area contributed by atoms with Crippen LogP contribution in [0.15, 0.2) is 12.2 Å². The second-order valence-corrected chi connectivity index (χ2v) is 6.09. The molecule has 0 saturated heterocycles. The van der Waals surface area contributed by atoms with Crippen molar-refractivity contribution in [3.63, 3.8) is 0 Å². The van der Waals surface area contributed by atoms with Gasteiger partial charge in [0.15, 0.2) is 0 Å². The molecule has 0 radical (unpaired) electrons. The number of hydrogen-bond donors (Lipinski definition) is 0. The molecule has 1 heteroatoms. The number of allylic oxidation sites excluding steroid dienone is 2. The monoisotopic (exact) mass is 206 g/mol. The lowest BCUT2D eigenvalue weighted by Crippen LogP contribution is -2.23. The largest absolute Gasteiger partial charge is 0.299 e. The topological polar surface area (TPSA) is 17.1 Å². The fourth-order valence-corrected chi connectivity index (χ4v) is 2.93. The van der Waals surface area contributed by atoms with Crippen LogP contribution < -0.4 is 0 Å². The third-order valence-electron chi connectivity index (χ3n) is 3.87. The van der Waals surface area contributed by atoms with Crippen molar-refractivity contribution >= 4 is 5.78 Å². The van der Waals surface area contributed by atoms with Crippen LogP contribution in [0.2, 0.25) is 0 Å². The lowest BCUT2D eigenvalue weighted by Gasteiger charge is -2.16. The minimum absolute atomic E-state index is 0.140. The summed E-state index contributed by atoms with van der Waals surface area (Å²) in [7, 11) is 0. The third-order valence-corrected chi connectivity index (χ3v) is 3.87. The number of fused-ring (bicyclic) bond motifs is 1. The Morgan fingerprint density at radius 1 is 1.07 bits per heavy atom. The van der Waals surface area contributed by atoms with Crippen molar-refractivity contribution in [3.8, 4) is 0 Å². The highest BCUT2D eigenvalue weighted by atomic mass is 16.1. The highest BCUT2D eigenvalue weighted by Crippen LogP contribution is 2.55. The molecule has 1 saturated carbocycles. The van der Waals surface area contributed by atoms with Gasteiger partial charge in [0.2, 0.25) is 0 Å². The summed E-state index contributed by atoms with van der Waals surface area (Å²) in [5.41, 5.74) is -0.140. The lowest BCUT2D eigenvalue weighted by atomic mass is 9.86. The van der Waals surface area contributed by atoms with E-state index in [0.29, 0.717) is 23.5 Å². The molecule has 0 aliphatic heterocycles. The Morgan fingerprint density at radius 2 is 1.53 bits per heavy atom. The van der Waals surface area contributed by atoms with Crippen LogP contribution in [0, 0.1) is 23.2 Å². The molecule has 84 valence electrons. The first-order chi connectivity index (χ1) is 7.02. The van der Waals surface area contributed by atoms with Crippen LogP contribution in [0.3, 0.4) is 0 Å². The molecule has 0 aromatic rings. The van der Waals surface area contributed by atoms with Crippen LogP contribution in [0.1, 0.15) is 46.5 Å². The highest BCUT2D eigenvalue weighted by Gasteiger charge is 2.54. The number of Topliss-reactive ketones (excluding diaryl/α,β-unsaturated/α-hetero) is 1. The van der Waals surface area contributed by atoms with Gasteiger partial charge in [0.25, 0.3) is 0 Å². The number of carbonyl (C=O) groups is 1. The van der Waals surface area contributed by atoms with E-state index in [4.69, 9.17) is 0 Å². The SMILES string of the molecule is CC(C)(C)C(=O)[C@@H]1[C@@H]2CC/C=C/CC[C@@H]21. The predicted octanol–water partition coefficient (Wildman–Crippen LogP) is 3.59. The van der Waals surface area contributed by atoms with E-state index in [1.54, 1.807) is 0 Å². The molecule has 0 aromatic heterocycles. The van der Waals surface area contributed by atoms with E-state index in [0.717, 1.165) is 0 Å². The van der Waals surface area contributed by atoms with Gasteiger partial charge in [-0.1, -0.05) is 32.9 Å². The smallest absolute Gasteiger partial charge is 0.141 e. The molecule has 0 amide bonds. The third kappa shape index (κ3) is 2.16. The summed E-state index contributed by atoms with van der Waals surface area (Å²) >= 11 is 0. The average Bonchev–Trinajstić information content (AvgIpc) is 2.73. The van der Waals surface area contributed by atoms with Crippen LogP contribution in [0.25, 0.3) is 0 Å². The van der Waals surface area contributed by atoms with Crippen molar-refractivity contribution < 1.29 is 4.79 Å². The molecule has 0 spiro atoms. The Morgan fingerprint density at radius 3 is 1.93 bits per heavy atom. The lowest BCUT2D eigenvalue weighted by molar-refractivity contribution is -0.128. The van der Waals surface area contributed by atoms with Crippen LogP contribution in [0.4, 0.5) is 0 Å². The van der Waals surface area contributed by atoms with Gasteiger partial charge in [0, 0.05) is 11.3 Å². The molecular formula is C14H22O. The fourth-order valence-electron chi connectivity index (χ4n) is 2.93. The van der Waals surface area contributed by atoms with Crippen molar-refractivity contribution in [1.29, 1.82) is 0 Å². The molecule has 1 nitrogen and oxygen atoms in total. The van der Waals surface area contributed by atoms with E-state index in [2.05, 4.69) is 32.9 Å². The number of ketones is 1.